The Kier molecular flexibility index (Phi) is 2.18. The van der Waals surface area contributed by atoms with Crippen LogP contribution in [0.4, 0.5) is 0 Å². The van der Waals surface area contributed by atoms with Crippen molar-refractivity contribution in [3.8, 4) is 0 Å². The molecule has 0 radical (unpaired) electrons. The van der Waals surface area contributed by atoms with Crippen molar-refractivity contribution in [1.29, 1.82) is 0 Å². The number of hydrogen-bond acceptors (Lipinski definition) is 4. The molecule has 2 atom stereocenters. The van der Waals surface area contributed by atoms with Crippen LogP contribution in [0.25, 0.3) is 0 Å². The SMILES string of the molecule is O=C(O)c1nnc(C2CC2c2ccccc2)o1. The number of hydrogen-bond donors (Lipinski definition) is 1. The van der Waals surface area contributed by atoms with Crippen LogP contribution in [0.1, 0.15) is 40.4 Å². The van der Waals surface area contributed by atoms with Gasteiger partial charge in [0.1, 0.15) is 0 Å². The Balaban J connectivity index is 1.78. The molecule has 1 saturated carbocycles. The van der Waals surface area contributed by atoms with E-state index >= 15 is 0 Å². The van der Waals surface area contributed by atoms with E-state index in [4.69, 9.17) is 9.52 Å². The molecule has 0 bridgehead atoms. The first-order chi connectivity index (χ1) is 8.25. The van der Waals surface area contributed by atoms with Crippen molar-refractivity contribution in [3.05, 3.63) is 47.7 Å². The van der Waals surface area contributed by atoms with E-state index in [-0.39, 0.29) is 11.8 Å². The van der Waals surface area contributed by atoms with E-state index in [1.807, 2.05) is 18.2 Å². The molecule has 0 amide bonds. The minimum Gasteiger partial charge on any atom is -0.474 e. The second-order valence-corrected chi connectivity index (χ2v) is 4.11. The third-order valence-electron chi connectivity index (χ3n) is 2.96. The van der Waals surface area contributed by atoms with Crippen molar-refractivity contribution < 1.29 is 14.3 Å². The largest absolute Gasteiger partial charge is 0.474 e. The van der Waals surface area contributed by atoms with E-state index < -0.39 is 5.97 Å². The first-order valence-electron chi connectivity index (χ1n) is 5.37. The van der Waals surface area contributed by atoms with Crippen molar-refractivity contribution >= 4 is 5.97 Å². The third-order valence-corrected chi connectivity index (χ3v) is 2.96. The summed E-state index contributed by atoms with van der Waals surface area (Å²) in [6.07, 6.45) is 0.936. The van der Waals surface area contributed by atoms with Crippen LogP contribution >= 0.6 is 0 Å². The van der Waals surface area contributed by atoms with Crippen LogP contribution in [0.5, 0.6) is 0 Å². The lowest BCUT2D eigenvalue weighted by molar-refractivity contribution is 0.0651. The van der Waals surface area contributed by atoms with Crippen LogP contribution in [0, 0.1) is 0 Å². The smallest absolute Gasteiger partial charge is 0.393 e. The molecule has 1 N–H and O–H groups in total. The molecule has 2 aromatic rings. The van der Waals surface area contributed by atoms with Gasteiger partial charge in [-0.3, -0.25) is 0 Å². The second kappa shape index (κ2) is 3.69. The van der Waals surface area contributed by atoms with Crippen LogP contribution in [-0.4, -0.2) is 21.3 Å². The highest BCUT2D eigenvalue weighted by atomic mass is 16.4. The van der Waals surface area contributed by atoms with Gasteiger partial charge in [-0.2, -0.15) is 0 Å². The standard InChI is InChI=1S/C12H10N2O3/c15-12(16)11-14-13-10(17-11)9-6-8(9)7-4-2-1-3-5-7/h1-5,8-9H,6H2,(H,15,16). The minimum atomic E-state index is -1.18. The van der Waals surface area contributed by atoms with Gasteiger partial charge in [0.2, 0.25) is 5.89 Å². The van der Waals surface area contributed by atoms with Gasteiger partial charge in [-0.05, 0) is 17.9 Å². The molecule has 0 saturated heterocycles. The molecular weight excluding hydrogens is 220 g/mol. The number of rotatable bonds is 3. The predicted octanol–water partition coefficient (Wildman–Crippen LogP) is 2.04. The van der Waals surface area contributed by atoms with Gasteiger partial charge < -0.3 is 9.52 Å². The van der Waals surface area contributed by atoms with Crippen molar-refractivity contribution in [3.63, 3.8) is 0 Å². The van der Waals surface area contributed by atoms with Crippen molar-refractivity contribution in [1.82, 2.24) is 10.2 Å². The van der Waals surface area contributed by atoms with E-state index in [1.54, 1.807) is 0 Å². The Hall–Kier alpha value is -2.17. The molecule has 3 rings (SSSR count). The zero-order valence-corrected chi connectivity index (χ0v) is 8.91. The fourth-order valence-corrected chi connectivity index (χ4v) is 2.01. The Morgan fingerprint density at radius 1 is 1.24 bits per heavy atom. The molecule has 2 unspecified atom stereocenters. The van der Waals surface area contributed by atoms with Gasteiger partial charge in [-0.15, -0.1) is 10.2 Å². The van der Waals surface area contributed by atoms with Crippen LogP contribution in [0.3, 0.4) is 0 Å². The summed E-state index contributed by atoms with van der Waals surface area (Å²) in [5.41, 5.74) is 1.23. The van der Waals surface area contributed by atoms with Crippen LogP contribution in [0.15, 0.2) is 34.7 Å². The van der Waals surface area contributed by atoms with Crippen LogP contribution in [-0.2, 0) is 0 Å². The first kappa shape index (κ1) is 10.0. The molecule has 1 aromatic carbocycles. The second-order valence-electron chi connectivity index (χ2n) is 4.11. The molecular formula is C12H10N2O3. The number of carbonyl (C=O) groups is 1. The van der Waals surface area contributed by atoms with E-state index in [1.165, 1.54) is 5.56 Å². The molecule has 5 nitrogen and oxygen atoms in total. The molecule has 1 aromatic heterocycles. The number of nitrogens with zero attached hydrogens (tertiary/aromatic N) is 2. The summed E-state index contributed by atoms with van der Waals surface area (Å²) < 4.78 is 5.10. The summed E-state index contributed by atoms with van der Waals surface area (Å²) in [6.45, 7) is 0. The molecule has 17 heavy (non-hydrogen) atoms. The molecule has 0 spiro atoms. The van der Waals surface area contributed by atoms with Gasteiger partial charge in [-0.1, -0.05) is 30.3 Å². The Labute approximate surface area is 97.1 Å². The average molecular weight is 230 g/mol. The van der Waals surface area contributed by atoms with Crippen LogP contribution < -0.4 is 0 Å². The third kappa shape index (κ3) is 1.80. The quantitative estimate of drug-likeness (QED) is 0.873. The average Bonchev–Trinajstić information content (AvgIpc) is 2.99. The van der Waals surface area contributed by atoms with Gasteiger partial charge in [-0.25, -0.2) is 4.79 Å². The molecule has 1 aliphatic rings. The molecule has 1 fully saturated rings. The summed E-state index contributed by atoms with van der Waals surface area (Å²) in [5.74, 6) is -0.549. The number of benzene rings is 1. The fourth-order valence-electron chi connectivity index (χ4n) is 2.01. The summed E-state index contributed by atoms with van der Waals surface area (Å²) >= 11 is 0. The summed E-state index contributed by atoms with van der Waals surface area (Å²) in [5, 5.41) is 16.0. The van der Waals surface area contributed by atoms with Crippen LogP contribution in [0.2, 0.25) is 0 Å². The van der Waals surface area contributed by atoms with E-state index in [0.29, 0.717) is 11.8 Å². The van der Waals surface area contributed by atoms with Gasteiger partial charge >= 0.3 is 11.9 Å². The Bertz CT molecular complexity index is 550. The normalized spacial score (nSPS) is 22.4. The maximum atomic E-state index is 10.6. The highest BCUT2D eigenvalue weighted by Crippen LogP contribution is 2.53. The van der Waals surface area contributed by atoms with Gasteiger partial charge in [0.05, 0.1) is 0 Å². The Morgan fingerprint density at radius 3 is 2.65 bits per heavy atom. The maximum Gasteiger partial charge on any atom is 0.393 e. The van der Waals surface area contributed by atoms with Gasteiger partial charge in [0, 0.05) is 5.92 Å². The summed E-state index contributed by atoms with van der Waals surface area (Å²) in [4.78, 5) is 10.6. The number of aromatic nitrogens is 2. The fraction of sp³-hybridized carbons (Fsp3) is 0.250. The monoisotopic (exact) mass is 230 g/mol. The zero-order chi connectivity index (χ0) is 11.8. The lowest BCUT2D eigenvalue weighted by Crippen LogP contribution is -1.95. The molecule has 0 aliphatic heterocycles. The van der Waals surface area contributed by atoms with E-state index in [9.17, 15) is 4.79 Å². The van der Waals surface area contributed by atoms with E-state index in [0.717, 1.165) is 6.42 Å². The highest BCUT2D eigenvalue weighted by molar-refractivity contribution is 5.81. The lowest BCUT2D eigenvalue weighted by atomic mass is 10.1. The summed E-state index contributed by atoms with van der Waals surface area (Å²) in [7, 11) is 0. The number of aromatic carboxylic acids is 1. The maximum absolute atomic E-state index is 10.6. The number of carboxylic acids is 1. The highest BCUT2D eigenvalue weighted by Gasteiger charge is 2.43. The first-order valence-corrected chi connectivity index (χ1v) is 5.37. The lowest BCUT2D eigenvalue weighted by Gasteiger charge is -1.96. The molecule has 86 valence electrons. The van der Waals surface area contributed by atoms with Crippen molar-refractivity contribution in [2.24, 2.45) is 0 Å². The van der Waals surface area contributed by atoms with Crippen molar-refractivity contribution in [2.45, 2.75) is 18.3 Å². The van der Waals surface area contributed by atoms with Gasteiger partial charge in [0.15, 0.2) is 0 Å². The number of carboxylic acid groups (broad SMARTS) is 1. The summed E-state index contributed by atoms with van der Waals surface area (Å²) in [6, 6.07) is 10.1. The van der Waals surface area contributed by atoms with E-state index in [2.05, 4.69) is 22.3 Å². The topological polar surface area (TPSA) is 76.2 Å². The Morgan fingerprint density at radius 2 is 2.00 bits per heavy atom. The molecule has 1 aliphatic carbocycles. The zero-order valence-electron chi connectivity index (χ0n) is 8.91. The molecule has 1 heterocycles. The van der Waals surface area contributed by atoms with Gasteiger partial charge in [0.25, 0.3) is 0 Å². The molecule has 5 heteroatoms. The van der Waals surface area contributed by atoms with Crippen molar-refractivity contribution in [2.75, 3.05) is 0 Å². The predicted molar refractivity (Wildman–Crippen MR) is 57.8 cm³/mol. The minimum absolute atomic E-state index is 0.165.